The van der Waals surface area contributed by atoms with Crippen LogP contribution in [0.5, 0.6) is 0 Å². The van der Waals surface area contributed by atoms with Crippen LogP contribution in [0.25, 0.3) is 0 Å². The molecule has 0 aliphatic rings. The van der Waals surface area contributed by atoms with E-state index in [9.17, 15) is 9.59 Å². The fourth-order valence-electron chi connectivity index (χ4n) is 2.83. The van der Waals surface area contributed by atoms with Crippen LogP contribution in [0.3, 0.4) is 0 Å². The van der Waals surface area contributed by atoms with Crippen LogP contribution in [-0.4, -0.2) is 59.5 Å². The van der Waals surface area contributed by atoms with Crippen molar-refractivity contribution < 1.29 is 18.7 Å². The van der Waals surface area contributed by atoms with Crippen LogP contribution in [0.4, 0.5) is 0 Å². The predicted octanol–water partition coefficient (Wildman–Crippen LogP) is 2.39. The van der Waals surface area contributed by atoms with Gasteiger partial charge in [0.05, 0.1) is 19.4 Å². The SMILES string of the molecule is COCCN(Cc1cccn1C)C(=O)CN(CC(C)C)C(=O)c1ccco1. The minimum Gasteiger partial charge on any atom is -0.459 e. The number of hydrogen-bond donors (Lipinski definition) is 0. The highest BCUT2D eigenvalue weighted by molar-refractivity contribution is 5.94. The number of methoxy groups -OCH3 is 1. The van der Waals surface area contributed by atoms with E-state index in [0.29, 0.717) is 26.2 Å². The van der Waals surface area contributed by atoms with Crippen LogP contribution in [-0.2, 0) is 23.1 Å². The van der Waals surface area contributed by atoms with Gasteiger partial charge in [0.15, 0.2) is 5.76 Å². The third-order valence-electron chi connectivity index (χ3n) is 4.25. The summed E-state index contributed by atoms with van der Waals surface area (Å²) < 4.78 is 12.4. The number of aromatic nitrogens is 1. The van der Waals surface area contributed by atoms with Gasteiger partial charge in [-0.1, -0.05) is 13.8 Å². The van der Waals surface area contributed by atoms with E-state index in [2.05, 4.69) is 0 Å². The van der Waals surface area contributed by atoms with Crippen LogP contribution in [0.2, 0.25) is 0 Å². The highest BCUT2D eigenvalue weighted by Gasteiger charge is 2.24. The molecule has 0 bridgehead atoms. The summed E-state index contributed by atoms with van der Waals surface area (Å²) >= 11 is 0. The Kier molecular flexibility index (Phi) is 7.67. The summed E-state index contributed by atoms with van der Waals surface area (Å²) in [5.74, 6) is 0.0905. The maximum atomic E-state index is 13.0. The Morgan fingerprint density at radius 2 is 2.00 bits per heavy atom. The second-order valence-corrected chi connectivity index (χ2v) is 6.98. The number of amides is 2. The first-order valence-corrected chi connectivity index (χ1v) is 9.12. The average Bonchev–Trinajstić information content (AvgIpc) is 3.29. The van der Waals surface area contributed by atoms with E-state index in [4.69, 9.17) is 9.15 Å². The molecule has 7 heteroatoms. The van der Waals surface area contributed by atoms with Crippen molar-refractivity contribution >= 4 is 11.8 Å². The molecule has 148 valence electrons. The quantitative estimate of drug-likeness (QED) is 0.639. The second-order valence-electron chi connectivity index (χ2n) is 6.98. The maximum absolute atomic E-state index is 13.0. The second kappa shape index (κ2) is 9.97. The van der Waals surface area contributed by atoms with Crippen molar-refractivity contribution in [2.24, 2.45) is 13.0 Å². The molecular formula is C20H29N3O4. The van der Waals surface area contributed by atoms with Crippen LogP contribution in [0.1, 0.15) is 30.1 Å². The molecule has 0 radical (unpaired) electrons. The van der Waals surface area contributed by atoms with Crippen molar-refractivity contribution in [2.75, 3.05) is 33.4 Å². The van der Waals surface area contributed by atoms with Gasteiger partial charge in [-0.05, 0) is 30.2 Å². The van der Waals surface area contributed by atoms with E-state index >= 15 is 0 Å². The summed E-state index contributed by atoms with van der Waals surface area (Å²) in [5, 5.41) is 0. The first kappa shape index (κ1) is 20.8. The molecule has 0 aliphatic carbocycles. The van der Waals surface area contributed by atoms with Gasteiger partial charge in [0.1, 0.15) is 6.54 Å². The lowest BCUT2D eigenvalue weighted by atomic mass is 10.2. The Morgan fingerprint density at radius 1 is 1.22 bits per heavy atom. The van der Waals surface area contributed by atoms with Gasteiger partial charge >= 0.3 is 0 Å². The standard InChI is InChI=1S/C20H29N3O4/c1-16(2)13-23(20(25)18-8-6-11-27-18)15-19(24)22(10-12-26-4)14-17-7-5-9-21(17)3/h5-9,11,16H,10,12-15H2,1-4H3. The Hall–Kier alpha value is -2.54. The number of hydrogen-bond acceptors (Lipinski definition) is 4. The molecule has 0 spiro atoms. The van der Waals surface area contributed by atoms with Gasteiger partial charge in [0, 0.05) is 39.1 Å². The lowest BCUT2D eigenvalue weighted by Gasteiger charge is -2.28. The minimum absolute atomic E-state index is 0.00580. The fourth-order valence-corrected chi connectivity index (χ4v) is 2.83. The molecule has 0 aromatic carbocycles. The predicted molar refractivity (Wildman–Crippen MR) is 102 cm³/mol. The van der Waals surface area contributed by atoms with Crippen LogP contribution in [0.15, 0.2) is 41.1 Å². The monoisotopic (exact) mass is 375 g/mol. The van der Waals surface area contributed by atoms with Crippen molar-refractivity contribution in [3.05, 3.63) is 48.2 Å². The van der Waals surface area contributed by atoms with Gasteiger partial charge in [0.25, 0.3) is 5.91 Å². The Morgan fingerprint density at radius 3 is 2.56 bits per heavy atom. The number of rotatable bonds is 10. The first-order chi connectivity index (χ1) is 12.9. The molecule has 0 aliphatic heterocycles. The van der Waals surface area contributed by atoms with Gasteiger partial charge in [0.2, 0.25) is 5.91 Å². The van der Waals surface area contributed by atoms with Gasteiger partial charge in [-0.2, -0.15) is 0 Å². The van der Waals surface area contributed by atoms with E-state index in [-0.39, 0.29) is 30.0 Å². The maximum Gasteiger partial charge on any atom is 0.290 e. The molecule has 2 amide bonds. The van der Waals surface area contributed by atoms with Gasteiger partial charge < -0.3 is 23.5 Å². The largest absolute Gasteiger partial charge is 0.459 e. The number of carbonyl (C=O) groups excluding carboxylic acids is 2. The summed E-state index contributed by atoms with van der Waals surface area (Å²) in [6.45, 7) is 5.88. The summed E-state index contributed by atoms with van der Waals surface area (Å²) in [7, 11) is 3.55. The van der Waals surface area contributed by atoms with E-state index < -0.39 is 0 Å². The first-order valence-electron chi connectivity index (χ1n) is 9.12. The van der Waals surface area contributed by atoms with Crippen LogP contribution < -0.4 is 0 Å². The number of aryl methyl sites for hydroxylation is 1. The van der Waals surface area contributed by atoms with Crippen molar-refractivity contribution in [1.82, 2.24) is 14.4 Å². The van der Waals surface area contributed by atoms with Crippen LogP contribution >= 0.6 is 0 Å². The lowest BCUT2D eigenvalue weighted by Crippen LogP contribution is -2.45. The fraction of sp³-hybridized carbons (Fsp3) is 0.500. The number of ether oxygens (including phenoxy) is 1. The summed E-state index contributed by atoms with van der Waals surface area (Å²) in [6.07, 6.45) is 3.41. The molecule has 2 aromatic rings. The zero-order chi connectivity index (χ0) is 19.8. The Bertz CT molecular complexity index is 721. The third kappa shape index (κ3) is 5.99. The van der Waals surface area contributed by atoms with E-state index in [1.165, 1.54) is 6.26 Å². The van der Waals surface area contributed by atoms with Crippen molar-refractivity contribution in [2.45, 2.75) is 20.4 Å². The van der Waals surface area contributed by atoms with Gasteiger partial charge in [-0.15, -0.1) is 0 Å². The molecule has 27 heavy (non-hydrogen) atoms. The molecule has 0 fully saturated rings. The molecule has 0 saturated heterocycles. The summed E-state index contributed by atoms with van der Waals surface area (Å²) in [4.78, 5) is 29.0. The molecule has 0 unspecified atom stereocenters. The summed E-state index contributed by atoms with van der Waals surface area (Å²) in [6, 6.07) is 7.21. The minimum atomic E-state index is -0.271. The smallest absolute Gasteiger partial charge is 0.290 e. The Labute approximate surface area is 160 Å². The van der Waals surface area contributed by atoms with E-state index in [1.54, 1.807) is 29.0 Å². The highest BCUT2D eigenvalue weighted by Crippen LogP contribution is 2.11. The molecule has 2 heterocycles. The molecule has 0 atom stereocenters. The van der Waals surface area contributed by atoms with Gasteiger partial charge in [-0.3, -0.25) is 9.59 Å². The van der Waals surface area contributed by atoms with Crippen LogP contribution in [0, 0.1) is 5.92 Å². The van der Waals surface area contributed by atoms with Crippen molar-refractivity contribution in [3.8, 4) is 0 Å². The lowest BCUT2D eigenvalue weighted by molar-refractivity contribution is -0.133. The number of carbonyl (C=O) groups is 2. The molecule has 2 aromatic heterocycles. The third-order valence-corrected chi connectivity index (χ3v) is 4.25. The molecule has 0 saturated carbocycles. The summed E-state index contributed by atoms with van der Waals surface area (Å²) in [5.41, 5.74) is 1.02. The van der Waals surface area contributed by atoms with E-state index in [1.807, 2.05) is 43.8 Å². The average molecular weight is 375 g/mol. The van der Waals surface area contributed by atoms with Crippen molar-refractivity contribution in [3.63, 3.8) is 0 Å². The zero-order valence-electron chi connectivity index (χ0n) is 16.6. The number of nitrogens with zero attached hydrogens (tertiary/aromatic N) is 3. The zero-order valence-corrected chi connectivity index (χ0v) is 16.6. The molecular weight excluding hydrogens is 346 g/mol. The normalized spacial score (nSPS) is 11.0. The Balaban J connectivity index is 2.12. The van der Waals surface area contributed by atoms with Crippen molar-refractivity contribution in [1.29, 1.82) is 0 Å². The molecule has 2 rings (SSSR count). The van der Waals surface area contributed by atoms with E-state index in [0.717, 1.165) is 5.69 Å². The topological polar surface area (TPSA) is 67.9 Å². The molecule has 7 nitrogen and oxygen atoms in total. The van der Waals surface area contributed by atoms with Gasteiger partial charge in [-0.25, -0.2) is 0 Å². The molecule has 0 N–H and O–H groups in total. The highest BCUT2D eigenvalue weighted by atomic mass is 16.5. The number of furan rings is 1.